The summed E-state index contributed by atoms with van der Waals surface area (Å²) in [5.74, 6) is 5.36. The first kappa shape index (κ1) is 23.5. The van der Waals surface area contributed by atoms with Gasteiger partial charge in [-0.2, -0.15) is 0 Å². The third kappa shape index (κ3) is 7.21. The second kappa shape index (κ2) is 10.0. The molecule has 0 aliphatic carbocycles. The summed E-state index contributed by atoms with van der Waals surface area (Å²) in [4.78, 5) is 11.3. The molecule has 33 heavy (non-hydrogen) atoms. The Labute approximate surface area is 188 Å². The molecule has 170 valence electrons. The Kier molecular flexibility index (Phi) is 7.13. The highest BCUT2D eigenvalue weighted by atomic mass is 19.4. The highest BCUT2D eigenvalue weighted by Gasteiger charge is 2.30. The molecule has 1 N–H and O–H groups in total. The Balaban J connectivity index is 1.69. The van der Waals surface area contributed by atoms with Crippen molar-refractivity contribution < 1.29 is 37.3 Å². The second-order valence-electron chi connectivity index (χ2n) is 7.05. The molecule has 0 aromatic heterocycles. The minimum Gasteiger partial charge on any atom is -0.478 e. The maximum Gasteiger partial charge on any atom is 0.573 e. The molecule has 0 aliphatic rings. The molecule has 0 aliphatic heterocycles. The SMILES string of the molecule is Cc1cc(Oc2ccc(C)cc2OCC#Cc2ccc(OC(F)(F)F)cc2)cc(C(=O)O)c1. The zero-order valence-corrected chi connectivity index (χ0v) is 17.7. The average Bonchev–Trinajstić information content (AvgIpc) is 2.72. The Hall–Kier alpha value is -4.12. The number of hydrogen-bond acceptors (Lipinski definition) is 4. The monoisotopic (exact) mass is 456 g/mol. The fourth-order valence-corrected chi connectivity index (χ4v) is 2.86. The van der Waals surface area contributed by atoms with E-state index in [4.69, 9.17) is 9.47 Å². The zero-order valence-electron chi connectivity index (χ0n) is 17.7. The maximum atomic E-state index is 12.2. The number of hydrogen-bond donors (Lipinski definition) is 1. The fourth-order valence-electron chi connectivity index (χ4n) is 2.86. The molecule has 0 heterocycles. The van der Waals surface area contributed by atoms with Crippen LogP contribution in [0.1, 0.15) is 27.0 Å². The Morgan fingerprint density at radius 1 is 0.909 bits per heavy atom. The van der Waals surface area contributed by atoms with Gasteiger partial charge in [-0.1, -0.05) is 17.9 Å². The lowest BCUT2D eigenvalue weighted by Gasteiger charge is -2.13. The van der Waals surface area contributed by atoms with E-state index in [1.54, 1.807) is 31.2 Å². The topological polar surface area (TPSA) is 65.0 Å². The molecule has 3 aromatic carbocycles. The van der Waals surface area contributed by atoms with Gasteiger partial charge in [0.05, 0.1) is 5.56 Å². The number of halogens is 3. The smallest absolute Gasteiger partial charge is 0.478 e. The molecule has 0 amide bonds. The van der Waals surface area contributed by atoms with E-state index in [1.807, 2.05) is 13.0 Å². The lowest BCUT2D eigenvalue weighted by atomic mass is 10.1. The summed E-state index contributed by atoms with van der Waals surface area (Å²) in [7, 11) is 0. The van der Waals surface area contributed by atoms with Crippen LogP contribution in [-0.4, -0.2) is 24.0 Å². The van der Waals surface area contributed by atoms with Crippen LogP contribution in [0.4, 0.5) is 13.2 Å². The standard InChI is InChI=1S/C25H19F3O5/c1-16-5-10-22(32-21-13-17(2)12-19(15-21)24(29)30)23(14-16)31-11-3-4-18-6-8-20(9-7-18)33-25(26,27)28/h5-10,12-15H,11H2,1-2H3,(H,29,30). The molecule has 5 nitrogen and oxygen atoms in total. The van der Waals surface area contributed by atoms with Crippen LogP contribution in [0, 0.1) is 25.7 Å². The van der Waals surface area contributed by atoms with E-state index >= 15 is 0 Å². The third-order valence-electron chi connectivity index (χ3n) is 4.25. The highest BCUT2D eigenvalue weighted by molar-refractivity contribution is 5.88. The Morgan fingerprint density at radius 2 is 1.64 bits per heavy atom. The zero-order chi connectivity index (χ0) is 24.0. The van der Waals surface area contributed by atoms with Crippen LogP contribution in [0.3, 0.4) is 0 Å². The van der Waals surface area contributed by atoms with E-state index < -0.39 is 12.3 Å². The van der Waals surface area contributed by atoms with Gasteiger partial charge in [0.2, 0.25) is 0 Å². The summed E-state index contributed by atoms with van der Waals surface area (Å²) in [5, 5.41) is 9.24. The van der Waals surface area contributed by atoms with Crippen molar-refractivity contribution in [1.82, 2.24) is 0 Å². The number of benzene rings is 3. The fraction of sp³-hybridized carbons (Fsp3) is 0.160. The summed E-state index contributed by atoms with van der Waals surface area (Å²) >= 11 is 0. The van der Waals surface area contributed by atoms with Crippen molar-refractivity contribution in [3.05, 3.63) is 82.9 Å². The summed E-state index contributed by atoms with van der Waals surface area (Å²) in [5.41, 5.74) is 2.25. The van der Waals surface area contributed by atoms with Gasteiger partial charge in [0.25, 0.3) is 0 Å². The minimum absolute atomic E-state index is 0.00515. The van der Waals surface area contributed by atoms with Crippen LogP contribution in [0.15, 0.2) is 60.7 Å². The van der Waals surface area contributed by atoms with E-state index in [2.05, 4.69) is 16.6 Å². The Morgan fingerprint density at radius 3 is 2.30 bits per heavy atom. The molecular weight excluding hydrogens is 437 g/mol. The van der Waals surface area contributed by atoms with E-state index in [9.17, 15) is 23.1 Å². The highest BCUT2D eigenvalue weighted by Crippen LogP contribution is 2.33. The van der Waals surface area contributed by atoms with Crippen molar-refractivity contribution in [1.29, 1.82) is 0 Å². The average molecular weight is 456 g/mol. The van der Waals surface area contributed by atoms with E-state index in [1.165, 1.54) is 30.3 Å². The molecule has 0 bridgehead atoms. The molecule has 0 spiro atoms. The maximum absolute atomic E-state index is 12.2. The number of alkyl halides is 3. The van der Waals surface area contributed by atoms with Crippen molar-refractivity contribution in [3.63, 3.8) is 0 Å². The molecule has 8 heteroatoms. The lowest BCUT2D eigenvalue weighted by molar-refractivity contribution is -0.274. The molecule has 0 saturated heterocycles. The number of carboxylic acid groups (broad SMARTS) is 1. The van der Waals surface area contributed by atoms with Crippen molar-refractivity contribution in [2.24, 2.45) is 0 Å². The lowest BCUT2D eigenvalue weighted by Crippen LogP contribution is -2.16. The molecule has 0 atom stereocenters. The van der Waals surface area contributed by atoms with E-state index in [-0.39, 0.29) is 17.9 Å². The van der Waals surface area contributed by atoms with Gasteiger partial charge in [0.15, 0.2) is 11.5 Å². The number of rotatable bonds is 6. The molecule has 3 aromatic rings. The van der Waals surface area contributed by atoms with Crippen LogP contribution in [-0.2, 0) is 0 Å². The van der Waals surface area contributed by atoms with Gasteiger partial charge in [-0.15, -0.1) is 13.2 Å². The molecular formula is C25H19F3O5. The largest absolute Gasteiger partial charge is 0.573 e. The first-order chi connectivity index (χ1) is 15.6. The van der Waals surface area contributed by atoms with E-state index in [0.29, 0.717) is 22.8 Å². The molecule has 0 fully saturated rings. The van der Waals surface area contributed by atoms with Crippen molar-refractivity contribution >= 4 is 5.97 Å². The van der Waals surface area contributed by atoms with Crippen LogP contribution in [0.5, 0.6) is 23.0 Å². The molecule has 0 unspecified atom stereocenters. The number of aryl methyl sites for hydroxylation is 2. The normalized spacial score (nSPS) is 10.7. The van der Waals surface area contributed by atoms with Crippen molar-refractivity contribution in [2.75, 3.05) is 6.61 Å². The van der Waals surface area contributed by atoms with Gasteiger partial charge in [0.1, 0.15) is 18.1 Å². The number of aromatic carboxylic acids is 1. The van der Waals surface area contributed by atoms with Gasteiger partial charge in [-0.3, -0.25) is 0 Å². The van der Waals surface area contributed by atoms with Gasteiger partial charge >= 0.3 is 12.3 Å². The van der Waals surface area contributed by atoms with Crippen LogP contribution in [0.2, 0.25) is 0 Å². The molecule has 3 rings (SSSR count). The first-order valence-corrected chi connectivity index (χ1v) is 9.70. The summed E-state index contributed by atoms with van der Waals surface area (Å²) in [6.45, 7) is 3.64. The Bertz CT molecular complexity index is 1210. The predicted molar refractivity (Wildman–Crippen MR) is 115 cm³/mol. The van der Waals surface area contributed by atoms with Gasteiger partial charge in [-0.05, 0) is 79.6 Å². The van der Waals surface area contributed by atoms with Gasteiger partial charge in [0, 0.05) is 5.56 Å². The summed E-state index contributed by atoms with van der Waals surface area (Å²) in [6.07, 6.45) is -4.75. The van der Waals surface area contributed by atoms with Crippen LogP contribution < -0.4 is 14.2 Å². The first-order valence-electron chi connectivity index (χ1n) is 9.70. The van der Waals surface area contributed by atoms with Crippen LogP contribution in [0.25, 0.3) is 0 Å². The molecule has 0 radical (unpaired) electrons. The number of carbonyl (C=O) groups is 1. The molecule has 0 saturated carbocycles. The van der Waals surface area contributed by atoms with Gasteiger partial charge in [-0.25, -0.2) is 4.79 Å². The summed E-state index contributed by atoms with van der Waals surface area (Å²) in [6, 6.07) is 15.1. The minimum atomic E-state index is -4.75. The third-order valence-corrected chi connectivity index (χ3v) is 4.25. The van der Waals surface area contributed by atoms with Crippen molar-refractivity contribution in [3.8, 4) is 34.8 Å². The quantitative estimate of drug-likeness (QED) is 0.453. The summed E-state index contributed by atoms with van der Waals surface area (Å²) < 4.78 is 52.1. The van der Waals surface area contributed by atoms with Gasteiger partial charge < -0.3 is 19.3 Å². The van der Waals surface area contributed by atoms with Crippen molar-refractivity contribution in [2.45, 2.75) is 20.2 Å². The second-order valence-corrected chi connectivity index (χ2v) is 7.05. The predicted octanol–water partition coefficient (Wildman–Crippen LogP) is 6.12. The number of carboxylic acids is 1. The van der Waals surface area contributed by atoms with Crippen LogP contribution >= 0.6 is 0 Å². The van der Waals surface area contributed by atoms with E-state index in [0.717, 1.165) is 11.1 Å². The number of ether oxygens (including phenoxy) is 3.